The average Bonchev–Trinajstić information content (AvgIpc) is 2.66. The highest BCUT2D eigenvalue weighted by Crippen LogP contribution is 2.31. The number of benzene rings is 1. The molecule has 19 heavy (non-hydrogen) atoms. The molecule has 0 saturated carbocycles. The van der Waals surface area contributed by atoms with Crippen molar-refractivity contribution in [2.75, 3.05) is 13.7 Å². The smallest absolute Gasteiger partial charge is 0.328 e. The number of hydrogen-bond acceptors (Lipinski definition) is 2. The molecule has 0 aliphatic rings. The molecule has 0 fully saturated rings. The third kappa shape index (κ3) is 2.80. The summed E-state index contributed by atoms with van der Waals surface area (Å²) < 4.78 is 6.98. The molecule has 2 aromatic rings. The zero-order chi connectivity index (χ0) is 13.8. The molecule has 1 aromatic heterocycles. The van der Waals surface area contributed by atoms with E-state index in [9.17, 15) is 4.79 Å². The molecular formula is C14H14ClNO3. The second-order valence-electron chi connectivity index (χ2n) is 4.04. The molecule has 1 heterocycles. The number of hydrogen-bond donors (Lipinski definition) is 1. The first-order valence-corrected chi connectivity index (χ1v) is 6.19. The number of aliphatic carboxylic acids is 1. The molecule has 0 aliphatic carbocycles. The maximum Gasteiger partial charge on any atom is 0.328 e. The lowest BCUT2D eigenvalue weighted by molar-refractivity contribution is -0.131. The first-order chi connectivity index (χ1) is 9.15. The lowest BCUT2D eigenvalue weighted by Gasteiger charge is -2.05. The summed E-state index contributed by atoms with van der Waals surface area (Å²) in [6.07, 6.45) is 2.62. The van der Waals surface area contributed by atoms with Crippen LogP contribution in [0.1, 0.15) is 5.56 Å². The Balaban J connectivity index is 2.56. The molecular weight excluding hydrogens is 266 g/mol. The Morgan fingerprint density at radius 2 is 2.21 bits per heavy atom. The Morgan fingerprint density at radius 1 is 1.47 bits per heavy atom. The third-order valence-electron chi connectivity index (χ3n) is 2.86. The highest BCUT2D eigenvalue weighted by Gasteiger charge is 2.13. The quantitative estimate of drug-likeness (QED) is 0.856. The summed E-state index contributed by atoms with van der Waals surface area (Å²) in [7, 11) is 1.63. The molecule has 0 aliphatic heterocycles. The molecule has 0 unspecified atom stereocenters. The number of rotatable bonds is 5. The number of para-hydroxylation sites is 1. The van der Waals surface area contributed by atoms with Crippen molar-refractivity contribution in [2.45, 2.75) is 6.54 Å². The van der Waals surface area contributed by atoms with Crippen LogP contribution in [-0.2, 0) is 16.1 Å². The Labute approximate surface area is 115 Å². The molecule has 1 aromatic carbocycles. The molecule has 0 radical (unpaired) electrons. The van der Waals surface area contributed by atoms with Gasteiger partial charge in [0.2, 0.25) is 0 Å². The van der Waals surface area contributed by atoms with Crippen molar-refractivity contribution in [1.82, 2.24) is 4.57 Å². The molecule has 5 heteroatoms. The van der Waals surface area contributed by atoms with E-state index in [1.807, 2.05) is 28.8 Å². The zero-order valence-corrected chi connectivity index (χ0v) is 11.2. The van der Waals surface area contributed by atoms with Crippen LogP contribution in [0.4, 0.5) is 0 Å². The van der Waals surface area contributed by atoms with Gasteiger partial charge in [0.1, 0.15) is 5.15 Å². The summed E-state index contributed by atoms with van der Waals surface area (Å²) in [5.41, 5.74) is 1.69. The van der Waals surface area contributed by atoms with Crippen LogP contribution >= 0.6 is 11.6 Å². The van der Waals surface area contributed by atoms with Gasteiger partial charge in [-0.05, 0) is 12.1 Å². The topological polar surface area (TPSA) is 51.5 Å². The van der Waals surface area contributed by atoms with E-state index in [1.165, 1.54) is 6.08 Å². The molecule has 0 bridgehead atoms. The first-order valence-electron chi connectivity index (χ1n) is 5.82. The monoisotopic (exact) mass is 279 g/mol. The summed E-state index contributed by atoms with van der Waals surface area (Å²) in [4.78, 5) is 10.6. The maximum atomic E-state index is 10.6. The van der Waals surface area contributed by atoms with Crippen LogP contribution in [0, 0.1) is 0 Å². The SMILES string of the molecule is COCCn1c(Cl)c(/C=C/C(=O)O)c2ccccc21. The summed E-state index contributed by atoms with van der Waals surface area (Å²) in [5.74, 6) is -0.996. The Kier molecular flexibility index (Phi) is 4.24. The molecule has 100 valence electrons. The summed E-state index contributed by atoms with van der Waals surface area (Å²) >= 11 is 6.33. The van der Waals surface area contributed by atoms with E-state index in [4.69, 9.17) is 21.4 Å². The van der Waals surface area contributed by atoms with Crippen LogP contribution in [0.5, 0.6) is 0 Å². The number of carboxylic acids is 1. The summed E-state index contributed by atoms with van der Waals surface area (Å²) in [5, 5.41) is 10.2. The second kappa shape index (κ2) is 5.91. The molecule has 4 nitrogen and oxygen atoms in total. The highest BCUT2D eigenvalue weighted by molar-refractivity contribution is 6.33. The van der Waals surface area contributed by atoms with Gasteiger partial charge in [-0.15, -0.1) is 0 Å². The van der Waals surface area contributed by atoms with Crippen LogP contribution in [0.15, 0.2) is 30.3 Å². The van der Waals surface area contributed by atoms with Gasteiger partial charge in [-0.25, -0.2) is 4.79 Å². The number of aromatic nitrogens is 1. The van der Waals surface area contributed by atoms with Gasteiger partial charge < -0.3 is 14.4 Å². The number of carbonyl (C=O) groups is 1. The fourth-order valence-electron chi connectivity index (χ4n) is 2.01. The van der Waals surface area contributed by atoms with Crippen molar-refractivity contribution in [3.05, 3.63) is 41.1 Å². The predicted molar refractivity (Wildman–Crippen MR) is 75.5 cm³/mol. The first kappa shape index (κ1) is 13.6. The maximum absolute atomic E-state index is 10.6. The Morgan fingerprint density at radius 3 is 2.89 bits per heavy atom. The summed E-state index contributed by atoms with van der Waals surface area (Å²) in [6, 6.07) is 7.70. The molecule has 0 amide bonds. The minimum atomic E-state index is -0.996. The highest BCUT2D eigenvalue weighted by atomic mass is 35.5. The normalized spacial score (nSPS) is 11.5. The third-order valence-corrected chi connectivity index (χ3v) is 3.26. The van der Waals surface area contributed by atoms with Crippen LogP contribution in [0.25, 0.3) is 17.0 Å². The van der Waals surface area contributed by atoms with Crippen LogP contribution < -0.4 is 0 Å². The van der Waals surface area contributed by atoms with E-state index in [2.05, 4.69) is 0 Å². The van der Waals surface area contributed by atoms with Crippen molar-refractivity contribution in [1.29, 1.82) is 0 Å². The molecule has 1 N–H and O–H groups in total. The average molecular weight is 280 g/mol. The summed E-state index contributed by atoms with van der Waals surface area (Å²) in [6.45, 7) is 1.16. The number of halogens is 1. The number of nitrogens with zero attached hydrogens (tertiary/aromatic N) is 1. The van der Waals surface area contributed by atoms with Crippen molar-refractivity contribution in [3.8, 4) is 0 Å². The van der Waals surface area contributed by atoms with Gasteiger partial charge >= 0.3 is 5.97 Å². The minimum absolute atomic E-state index is 0.524. The molecule has 2 rings (SSSR count). The van der Waals surface area contributed by atoms with Gasteiger partial charge in [0.25, 0.3) is 0 Å². The van der Waals surface area contributed by atoms with E-state index in [1.54, 1.807) is 7.11 Å². The van der Waals surface area contributed by atoms with Crippen molar-refractivity contribution in [2.24, 2.45) is 0 Å². The van der Waals surface area contributed by atoms with Crippen molar-refractivity contribution >= 4 is 34.5 Å². The molecule has 0 atom stereocenters. The zero-order valence-electron chi connectivity index (χ0n) is 10.5. The number of ether oxygens (including phenoxy) is 1. The van der Waals surface area contributed by atoms with Crippen molar-refractivity contribution < 1.29 is 14.6 Å². The van der Waals surface area contributed by atoms with Crippen LogP contribution in [0.2, 0.25) is 5.15 Å². The standard InChI is InChI=1S/C14H14ClNO3/c1-19-9-8-16-12-5-3-2-4-10(12)11(14(16)15)6-7-13(17)18/h2-7H,8-9H2,1H3,(H,17,18)/b7-6+. The van der Waals surface area contributed by atoms with Gasteiger partial charge in [0, 0.05) is 36.2 Å². The van der Waals surface area contributed by atoms with E-state index >= 15 is 0 Å². The van der Waals surface area contributed by atoms with E-state index in [0.717, 1.165) is 22.5 Å². The largest absolute Gasteiger partial charge is 0.478 e. The number of fused-ring (bicyclic) bond motifs is 1. The molecule has 0 saturated heterocycles. The number of methoxy groups -OCH3 is 1. The fourth-order valence-corrected chi connectivity index (χ4v) is 2.35. The molecule has 0 spiro atoms. The fraction of sp³-hybridized carbons (Fsp3) is 0.214. The second-order valence-corrected chi connectivity index (χ2v) is 4.40. The lowest BCUT2D eigenvalue weighted by Crippen LogP contribution is -2.03. The van der Waals surface area contributed by atoms with Gasteiger partial charge in [-0.3, -0.25) is 0 Å². The van der Waals surface area contributed by atoms with Crippen LogP contribution in [-0.4, -0.2) is 29.4 Å². The van der Waals surface area contributed by atoms with Crippen molar-refractivity contribution in [3.63, 3.8) is 0 Å². The predicted octanol–water partition coefficient (Wildman–Crippen LogP) is 3.04. The van der Waals surface area contributed by atoms with Crippen LogP contribution in [0.3, 0.4) is 0 Å². The van der Waals surface area contributed by atoms with E-state index < -0.39 is 5.97 Å². The van der Waals surface area contributed by atoms with Gasteiger partial charge in [0.05, 0.1) is 6.61 Å². The van der Waals surface area contributed by atoms with E-state index in [0.29, 0.717) is 18.3 Å². The number of carboxylic acid groups (broad SMARTS) is 1. The Hall–Kier alpha value is -1.78. The Bertz CT molecular complexity index is 631. The van der Waals surface area contributed by atoms with Gasteiger partial charge in [-0.1, -0.05) is 29.8 Å². The minimum Gasteiger partial charge on any atom is -0.478 e. The van der Waals surface area contributed by atoms with E-state index in [-0.39, 0.29) is 0 Å². The van der Waals surface area contributed by atoms with Gasteiger partial charge in [0.15, 0.2) is 0 Å². The van der Waals surface area contributed by atoms with Gasteiger partial charge in [-0.2, -0.15) is 0 Å². The lowest BCUT2D eigenvalue weighted by atomic mass is 10.1.